The molecule has 0 saturated carbocycles. The van der Waals surface area contributed by atoms with Crippen LogP contribution in [0.25, 0.3) is 0 Å². The SMILES string of the molecule is CC1(C)OCC(CNC(=O)c2cc(OCc3ccccc3)ccc2OCc2ccccc2)O1. The summed E-state index contributed by atoms with van der Waals surface area (Å²) in [5.74, 6) is 0.200. The van der Waals surface area contributed by atoms with Gasteiger partial charge in [0, 0.05) is 6.54 Å². The fourth-order valence-electron chi connectivity index (χ4n) is 3.54. The lowest BCUT2D eigenvalue weighted by molar-refractivity contribution is -0.137. The van der Waals surface area contributed by atoms with Crippen LogP contribution in [-0.2, 0) is 22.7 Å². The fourth-order valence-corrected chi connectivity index (χ4v) is 3.54. The third-order valence-electron chi connectivity index (χ3n) is 5.24. The average molecular weight is 448 g/mol. The first kappa shape index (κ1) is 22.8. The molecule has 1 heterocycles. The van der Waals surface area contributed by atoms with Crippen LogP contribution in [0.1, 0.15) is 35.3 Å². The number of ether oxygens (including phenoxy) is 4. The molecule has 33 heavy (non-hydrogen) atoms. The molecule has 0 bridgehead atoms. The summed E-state index contributed by atoms with van der Waals surface area (Å²) < 4.78 is 23.3. The van der Waals surface area contributed by atoms with Gasteiger partial charge in [0.15, 0.2) is 5.79 Å². The minimum Gasteiger partial charge on any atom is -0.489 e. The molecule has 1 atom stereocenters. The van der Waals surface area contributed by atoms with Crippen molar-refractivity contribution in [3.8, 4) is 11.5 Å². The Morgan fingerprint density at radius 1 is 0.939 bits per heavy atom. The maximum Gasteiger partial charge on any atom is 0.255 e. The maximum atomic E-state index is 13.1. The van der Waals surface area contributed by atoms with Crippen LogP contribution >= 0.6 is 0 Å². The van der Waals surface area contributed by atoms with Crippen molar-refractivity contribution >= 4 is 5.91 Å². The second-order valence-corrected chi connectivity index (χ2v) is 8.37. The van der Waals surface area contributed by atoms with Gasteiger partial charge in [0.25, 0.3) is 5.91 Å². The summed E-state index contributed by atoms with van der Waals surface area (Å²) in [4.78, 5) is 13.1. The van der Waals surface area contributed by atoms with Crippen LogP contribution in [0.2, 0.25) is 0 Å². The summed E-state index contributed by atoms with van der Waals surface area (Å²) in [6.07, 6.45) is -0.199. The van der Waals surface area contributed by atoms with Gasteiger partial charge in [-0.2, -0.15) is 0 Å². The van der Waals surface area contributed by atoms with Crippen LogP contribution in [-0.4, -0.2) is 30.9 Å². The third-order valence-corrected chi connectivity index (χ3v) is 5.24. The molecule has 1 saturated heterocycles. The van der Waals surface area contributed by atoms with Gasteiger partial charge in [-0.3, -0.25) is 4.79 Å². The largest absolute Gasteiger partial charge is 0.489 e. The molecule has 0 aromatic heterocycles. The average Bonchev–Trinajstić information content (AvgIpc) is 3.20. The number of hydrogen-bond donors (Lipinski definition) is 1. The highest BCUT2D eigenvalue weighted by Crippen LogP contribution is 2.27. The Bertz CT molecular complexity index is 1050. The number of rotatable bonds is 9. The summed E-state index contributed by atoms with van der Waals surface area (Å²) >= 11 is 0. The zero-order valence-corrected chi connectivity index (χ0v) is 19.0. The van der Waals surface area contributed by atoms with Crippen molar-refractivity contribution in [1.82, 2.24) is 5.32 Å². The van der Waals surface area contributed by atoms with E-state index in [1.807, 2.05) is 80.6 Å². The van der Waals surface area contributed by atoms with Crippen LogP contribution in [0, 0.1) is 0 Å². The monoisotopic (exact) mass is 447 g/mol. The molecule has 0 spiro atoms. The van der Waals surface area contributed by atoms with Gasteiger partial charge in [-0.1, -0.05) is 60.7 Å². The van der Waals surface area contributed by atoms with E-state index in [0.29, 0.717) is 43.4 Å². The van der Waals surface area contributed by atoms with Gasteiger partial charge in [-0.05, 0) is 43.2 Å². The molecule has 1 N–H and O–H groups in total. The smallest absolute Gasteiger partial charge is 0.255 e. The Hall–Kier alpha value is -3.35. The number of carbonyl (C=O) groups excluding carboxylic acids is 1. The van der Waals surface area contributed by atoms with E-state index in [1.165, 1.54) is 0 Å². The minimum absolute atomic E-state index is 0.199. The zero-order valence-electron chi connectivity index (χ0n) is 19.0. The van der Waals surface area contributed by atoms with E-state index < -0.39 is 5.79 Å². The summed E-state index contributed by atoms with van der Waals surface area (Å²) in [6, 6.07) is 25.0. The molecule has 1 fully saturated rings. The highest BCUT2D eigenvalue weighted by Gasteiger charge is 2.32. The van der Waals surface area contributed by atoms with Gasteiger partial charge in [-0.15, -0.1) is 0 Å². The van der Waals surface area contributed by atoms with Crippen LogP contribution in [0.3, 0.4) is 0 Å². The lowest BCUT2D eigenvalue weighted by Gasteiger charge is -2.18. The molecule has 3 aromatic carbocycles. The van der Waals surface area contributed by atoms with Crippen molar-refractivity contribution in [1.29, 1.82) is 0 Å². The molecular weight excluding hydrogens is 418 g/mol. The van der Waals surface area contributed by atoms with Gasteiger partial charge in [-0.25, -0.2) is 0 Å². The Labute approximate surface area is 194 Å². The van der Waals surface area contributed by atoms with E-state index in [4.69, 9.17) is 18.9 Å². The predicted octanol–water partition coefficient (Wildman–Crippen LogP) is 4.73. The molecule has 1 amide bonds. The Balaban J connectivity index is 1.46. The predicted molar refractivity (Wildman–Crippen MR) is 125 cm³/mol. The van der Waals surface area contributed by atoms with E-state index >= 15 is 0 Å². The lowest BCUT2D eigenvalue weighted by atomic mass is 10.1. The van der Waals surface area contributed by atoms with Crippen molar-refractivity contribution in [2.24, 2.45) is 0 Å². The molecule has 3 aromatic rings. The van der Waals surface area contributed by atoms with E-state index in [9.17, 15) is 4.79 Å². The molecule has 0 radical (unpaired) electrons. The number of carbonyl (C=O) groups is 1. The van der Waals surface area contributed by atoms with Gasteiger partial charge in [0.2, 0.25) is 0 Å². The summed E-state index contributed by atoms with van der Waals surface area (Å²) in [5.41, 5.74) is 2.48. The second kappa shape index (κ2) is 10.5. The van der Waals surface area contributed by atoms with Gasteiger partial charge >= 0.3 is 0 Å². The van der Waals surface area contributed by atoms with E-state index in [-0.39, 0.29) is 12.0 Å². The molecule has 0 aliphatic carbocycles. The van der Waals surface area contributed by atoms with Crippen LogP contribution in [0.5, 0.6) is 11.5 Å². The van der Waals surface area contributed by atoms with Crippen molar-refractivity contribution in [3.05, 3.63) is 95.6 Å². The van der Waals surface area contributed by atoms with Crippen LogP contribution in [0.15, 0.2) is 78.9 Å². The van der Waals surface area contributed by atoms with Crippen molar-refractivity contribution in [2.45, 2.75) is 39.0 Å². The first-order valence-corrected chi connectivity index (χ1v) is 11.1. The molecule has 172 valence electrons. The normalized spacial score (nSPS) is 16.8. The van der Waals surface area contributed by atoms with E-state index in [0.717, 1.165) is 11.1 Å². The summed E-state index contributed by atoms with van der Waals surface area (Å²) in [7, 11) is 0. The van der Waals surface area contributed by atoms with Crippen molar-refractivity contribution < 1.29 is 23.7 Å². The van der Waals surface area contributed by atoms with E-state index in [1.54, 1.807) is 12.1 Å². The van der Waals surface area contributed by atoms with Crippen LogP contribution in [0.4, 0.5) is 0 Å². The first-order chi connectivity index (χ1) is 16.0. The quantitative estimate of drug-likeness (QED) is 0.514. The molecule has 1 unspecified atom stereocenters. The van der Waals surface area contributed by atoms with E-state index in [2.05, 4.69) is 5.32 Å². The minimum atomic E-state index is -0.634. The molecule has 4 rings (SSSR count). The highest BCUT2D eigenvalue weighted by atomic mass is 16.7. The van der Waals surface area contributed by atoms with Gasteiger partial charge in [0.05, 0.1) is 12.2 Å². The Kier molecular flexibility index (Phi) is 7.27. The zero-order chi connectivity index (χ0) is 23.1. The van der Waals surface area contributed by atoms with Gasteiger partial charge < -0.3 is 24.3 Å². The molecule has 1 aliphatic heterocycles. The van der Waals surface area contributed by atoms with Gasteiger partial charge in [0.1, 0.15) is 30.8 Å². The fraction of sp³-hybridized carbons (Fsp3) is 0.296. The first-order valence-electron chi connectivity index (χ1n) is 11.1. The molecule has 6 heteroatoms. The number of hydrogen-bond acceptors (Lipinski definition) is 5. The topological polar surface area (TPSA) is 66.0 Å². The van der Waals surface area contributed by atoms with Crippen LogP contribution < -0.4 is 14.8 Å². The third kappa shape index (κ3) is 6.57. The van der Waals surface area contributed by atoms with Crippen molar-refractivity contribution in [2.75, 3.05) is 13.2 Å². The standard InChI is InChI=1S/C27H29NO5/c1-27(2)32-19-23(33-27)16-28-26(29)24-15-22(30-17-20-9-5-3-6-10-20)13-14-25(24)31-18-21-11-7-4-8-12-21/h3-15,23H,16-19H2,1-2H3,(H,28,29). The molecular formula is C27H29NO5. The molecule has 6 nitrogen and oxygen atoms in total. The summed E-state index contributed by atoms with van der Waals surface area (Å²) in [5, 5.41) is 2.94. The number of amides is 1. The van der Waals surface area contributed by atoms with Crippen molar-refractivity contribution in [3.63, 3.8) is 0 Å². The second-order valence-electron chi connectivity index (χ2n) is 8.37. The highest BCUT2D eigenvalue weighted by molar-refractivity contribution is 5.97. The Morgan fingerprint density at radius 2 is 1.58 bits per heavy atom. The lowest BCUT2D eigenvalue weighted by Crippen LogP contribution is -2.34. The Morgan fingerprint density at radius 3 is 2.18 bits per heavy atom. The number of nitrogens with one attached hydrogen (secondary N) is 1. The molecule has 1 aliphatic rings. The number of benzene rings is 3. The maximum absolute atomic E-state index is 13.1. The summed E-state index contributed by atoms with van der Waals surface area (Å²) in [6.45, 7) is 5.27.